The van der Waals surface area contributed by atoms with Gasteiger partial charge in [-0.2, -0.15) is 0 Å². The van der Waals surface area contributed by atoms with Crippen molar-refractivity contribution in [2.75, 3.05) is 7.11 Å². The van der Waals surface area contributed by atoms with Gasteiger partial charge in [0.1, 0.15) is 5.56 Å². The number of ether oxygens (including phenoxy) is 1. The molecule has 0 aromatic heterocycles. The second-order valence-electron chi connectivity index (χ2n) is 3.47. The van der Waals surface area contributed by atoms with Crippen molar-refractivity contribution < 1.29 is 14.5 Å². The van der Waals surface area contributed by atoms with Gasteiger partial charge in [0.05, 0.1) is 12.0 Å². The maximum Gasteiger partial charge on any atom is 0.384 e. The van der Waals surface area contributed by atoms with Gasteiger partial charge in [0.15, 0.2) is 0 Å². The summed E-state index contributed by atoms with van der Waals surface area (Å²) in [6.07, 6.45) is 0. The van der Waals surface area contributed by atoms with Crippen molar-refractivity contribution in [2.45, 2.75) is 13.8 Å². The fraction of sp³-hybridized carbons (Fsp3) is 0.250. The maximum atomic E-state index is 10.9. The van der Waals surface area contributed by atoms with Crippen molar-refractivity contribution in [1.29, 1.82) is 0 Å². The fourth-order valence-corrected chi connectivity index (χ4v) is 1.42. The van der Waals surface area contributed by atoms with Crippen LogP contribution in [0.1, 0.15) is 16.7 Å². The summed E-state index contributed by atoms with van der Waals surface area (Å²) in [6.45, 7) is 3.47. The van der Waals surface area contributed by atoms with E-state index in [1.165, 1.54) is 13.2 Å². The molecule has 0 atom stereocenters. The van der Waals surface area contributed by atoms with Crippen molar-refractivity contribution in [1.82, 2.24) is 0 Å². The van der Waals surface area contributed by atoms with Crippen molar-refractivity contribution in [3.63, 3.8) is 0 Å². The molecule has 0 saturated heterocycles. The lowest BCUT2D eigenvalue weighted by atomic mass is 10.0. The largest absolute Gasteiger partial charge is 0.459 e. The number of esters is 1. The summed E-state index contributed by atoms with van der Waals surface area (Å²) in [7, 11) is 1.20. The molecule has 5 heteroatoms. The monoisotopic (exact) mass is 233 g/mol. The Morgan fingerprint density at radius 2 is 2.06 bits per heavy atom. The number of methoxy groups -OCH3 is 1. The summed E-state index contributed by atoms with van der Waals surface area (Å²) in [5.74, 6) is 3.94. The Balaban J connectivity index is 3.34. The van der Waals surface area contributed by atoms with E-state index in [0.717, 1.165) is 5.56 Å². The zero-order valence-corrected chi connectivity index (χ0v) is 9.73. The van der Waals surface area contributed by atoms with Gasteiger partial charge >= 0.3 is 5.97 Å². The number of benzene rings is 1. The van der Waals surface area contributed by atoms with E-state index in [9.17, 15) is 14.9 Å². The number of nitro groups is 1. The highest BCUT2D eigenvalue weighted by atomic mass is 16.6. The Kier molecular flexibility index (Phi) is 3.83. The first-order valence-electron chi connectivity index (χ1n) is 4.81. The number of nitro benzene ring substituents is 1. The lowest BCUT2D eigenvalue weighted by Gasteiger charge is -2.01. The number of nitrogens with zero attached hydrogens (tertiary/aromatic N) is 1. The van der Waals surface area contributed by atoms with Crippen LogP contribution in [0.4, 0.5) is 5.69 Å². The van der Waals surface area contributed by atoms with Crippen LogP contribution in [0.3, 0.4) is 0 Å². The molecule has 0 N–H and O–H groups in total. The third kappa shape index (κ3) is 3.05. The Bertz CT molecular complexity index is 537. The molecule has 1 rings (SSSR count). The smallest absolute Gasteiger partial charge is 0.384 e. The summed E-state index contributed by atoms with van der Waals surface area (Å²) in [5, 5.41) is 10.9. The molecule has 0 heterocycles. The zero-order valence-electron chi connectivity index (χ0n) is 9.73. The standard InChI is InChI=1S/C12H11NO4/c1-8-6-9(2)10(4-5-12(14)17-3)11(7-8)13(15)16/h6-7H,1-3H3. The predicted molar refractivity (Wildman–Crippen MR) is 61.5 cm³/mol. The Labute approximate surface area is 98.5 Å². The summed E-state index contributed by atoms with van der Waals surface area (Å²) >= 11 is 0. The van der Waals surface area contributed by atoms with Crippen LogP contribution in [0.25, 0.3) is 0 Å². The van der Waals surface area contributed by atoms with Gasteiger partial charge in [0.25, 0.3) is 5.69 Å². The SMILES string of the molecule is COC(=O)C#Cc1c(C)cc(C)cc1[N+](=O)[O-]. The third-order valence-electron chi connectivity index (χ3n) is 2.13. The second-order valence-corrected chi connectivity index (χ2v) is 3.47. The summed E-state index contributed by atoms with van der Waals surface area (Å²) in [4.78, 5) is 21.2. The van der Waals surface area contributed by atoms with Gasteiger partial charge in [-0.15, -0.1) is 0 Å². The molecule has 5 nitrogen and oxygen atoms in total. The molecule has 0 fully saturated rings. The molecular formula is C12H11NO4. The van der Waals surface area contributed by atoms with Gasteiger partial charge in [-0.1, -0.05) is 6.07 Å². The molecule has 0 aliphatic rings. The average Bonchev–Trinajstić information content (AvgIpc) is 2.26. The van der Waals surface area contributed by atoms with E-state index in [4.69, 9.17) is 0 Å². The molecule has 0 spiro atoms. The molecule has 1 aromatic rings. The number of rotatable bonds is 1. The topological polar surface area (TPSA) is 69.4 Å². The van der Waals surface area contributed by atoms with E-state index < -0.39 is 10.9 Å². The van der Waals surface area contributed by atoms with Crippen molar-refractivity contribution in [3.8, 4) is 11.8 Å². The van der Waals surface area contributed by atoms with Crippen LogP contribution in [0.5, 0.6) is 0 Å². The van der Waals surface area contributed by atoms with Crippen LogP contribution in [0, 0.1) is 35.8 Å². The van der Waals surface area contributed by atoms with Gasteiger partial charge in [0.2, 0.25) is 0 Å². The van der Waals surface area contributed by atoms with Crippen LogP contribution in [-0.2, 0) is 9.53 Å². The van der Waals surface area contributed by atoms with Crippen molar-refractivity contribution in [2.24, 2.45) is 0 Å². The number of hydrogen-bond acceptors (Lipinski definition) is 4. The number of carbonyl (C=O) groups is 1. The lowest BCUT2D eigenvalue weighted by Crippen LogP contribution is -1.98. The minimum absolute atomic E-state index is 0.0982. The van der Waals surface area contributed by atoms with E-state index in [1.807, 2.05) is 0 Å². The van der Waals surface area contributed by atoms with Gasteiger partial charge in [-0.3, -0.25) is 10.1 Å². The highest BCUT2D eigenvalue weighted by molar-refractivity contribution is 5.89. The van der Waals surface area contributed by atoms with E-state index in [1.54, 1.807) is 19.9 Å². The molecule has 0 radical (unpaired) electrons. The van der Waals surface area contributed by atoms with Crippen LogP contribution in [0.15, 0.2) is 12.1 Å². The number of carbonyl (C=O) groups excluding carboxylic acids is 1. The van der Waals surface area contributed by atoms with E-state index in [2.05, 4.69) is 16.6 Å². The van der Waals surface area contributed by atoms with Crippen LogP contribution >= 0.6 is 0 Å². The van der Waals surface area contributed by atoms with Crippen molar-refractivity contribution in [3.05, 3.63) is 38.9 Å². The molecule has 0 aliphatic heterocycles. The maximum absolute atomic E-state index is 10.9. The third-order valence-corrected chi connectivity index (χ3v) is 2.13. The molecule has 1 aromatic carbocycles. The van der Waals surface area contributed by atoms with Crippen LogP contribution in [-0.4, -0.2) is 18.0 Å². The molecule has 17 heavy (non-hydrogen) atoms. The molecule has 88 valence electrons. The molecule has 0 amide bonds. The highest BCUT2D eigenvalue weighted by Crippen LogP contribution is 2.23. The van der Waals surface area contributed by atoms with Crippen LogP contribution in [0.2, 0.25) is 0 Å². The van der Waals surface area contributed by atoms with Gasteiger partial charge in [-0.25, -0.2) is 4.79 Å². The minimum Gasteiger partial charge on any atom is -0.459 e. The average molecular weight is 233 g/mol. The number of aryl methyl sites for hydroxylation is 2. The van der Waals surface area contributed by atoms with E-state index in [0.29, 0.717) is 5.56 Å². The lowest BCUT2D eigenvalue weighted by molar-refractivity contribution is -0.385. The first kappa shape index (κ1) is 12.7. The Morgan fingerprint density at radius 1 is 1.41 bits per heavy atom. The first-order valence-corrected chi connectivity index (χ1v) is 4.81. The van der Waals surface area contributed by atoms with Gasteiger partial charge in [0, 0.05) is 12.0 Å². The Morgan fingerprint density at radius 3 is 2.59 bits per heavy atom. The van der Waals surface area contributed by atoms with Gasteiger partial charge < -0.3 is 4.74 Å². The minimum atomic E-state index is -0.723. The Hall–Kier alpha value is -2.35. The summed E-state index contributed by atoms with van der Waals surface area (Å²) < 4.78 is 4.35. The van der Waals surface area contributed by atoms with E-state index in [-0.39, 0.29) is 11.3 Å². The molecule has 0 unspecified atom stereocenters. The summed E-state index contributed by atoms with van der Waals surface area (Å²) in [5.41, 5.74) is 1.58. The number of hydrogen-bond donors (Lipinski definition) is 0. The molecule has 0 aliphatic carbocycles. The predicted octanol–water partition coefficient (Wildman–Crippen LogP) is 1.74. The fourth-order valence-electron chi connectivity index (χ4n) is 1.42. The van der Waals surface area contributed by atoms with Crippen molar-refractivity contribution >= 4 is 11.7 Å². The molecular weight excluding hydrogens is 222 g/mol. The van der Waals surface area contributed by atoms with Gasteiger partial charge in [-0.05, 0) is 30.9 Å². The quantitative estimate of drug-likeness (QED) is 0.320. The highest BCUT2D eigenvalue weighted by Gasteiger charge is 2.15. The van der Waals surface area contributed by atoms with E-state index >= 15 is 0 Å². The molecule has 0 saturated carbocycles. The molecule has 0 bridgehead atoms. The first-order chi connectivity index (χ1) is 7.95. The normalized spacial score (nSPS) is 9.12. The zero-order chi connectivity index (χ0) is 13.0. The van der Waals surface area contributed by atoms with Crippen LogP contribution < -0.4 is 0 Å². The second kappa shape index (κ2) is 5.12. The summed E-state index contributed by atoms with van der Waals surface area (Å²) in [6, 6.07) is 3.20.